The second-order valence-electron chi connectivity index (χ2n) is 7.03. The Morgan fingerprint density at radius 2 is 2.10 bits per heavy atom. The maximum Gasteiger partial charge on any atom is 0.271 e. The Morgan fingerprint density at radius 3 is 2.79 bits per heavy atom. The van der Waals surface area contributed by atoms with Crippen molar-refractivity contribution in [2.24, 2.45) is 5.92 Å². The fourth-order valence-corrected chi connectivity index (χ4v) is 4.40. The van der Waals surface area contributed by atoms with Gasteiger partial charge in [-0.2, -0.15) is 5.26 Å². The van der Waals surface area contributed by atoms with Crippen LogP contribution < -0.4 is 9.64 Å². The van der Waals surface area contributed by atoms with Gasteiger partial charge in [-0.15, -0.1) is 11.3 Å². The minimum atomic E-state index is 0.300. The molecule has 2 heterocycles. The van der Waals surface area contributed by atoms with Gasteiger partial charge in [0, 0.05) is 18.7 Å². The number of aryl methyl sites for hydroxylation is 1. The molecule has 0 amide bonds. The molecule has 3 aromatic rings. The second kappa shape index (κ2) is 9.59. The highest BCUT2D eigenvalue weighted by atomic mass is 32.1. The molecule has 2 aromatic heterocycles. The normalized spacial score (nSPS) is 10.6. The Hall–Kier alpha value is -2.82. The van der Waals surface area contributed by atoms with Crippen LogP contribution in [0.15, 0.2) is 48.7 Å². The summed E-state index contributed by atoms with van der Waals surface area (Å²) in [5.41, 5.74) is 2.49. The molecule has 0 aliphatic carbocycles. The maximum absolute atomic E-state index is 9.22. The van der Waals surface area contributed by atoms with Gasteiger partial charge in [0.05, 0.1) is 28.9 Å². The standard InChI is InChI=1S/C22H22N4OS2/c1-15(2)11-20-25-16(3)21(29-20)26(14-18-8-6-7-17(12-18)13-23)22(28)27-19-9-4-5-10-24-19/h4-10,12,15H,11,14H2,1-3H3. The molecule has 3 rings (SSSR count). The Kier molecular flexibility index (Phi) is 6.91. The third-order valence-corrected chi connectivity index (χ3v) is 5.60. The van der Waals surface area contributed by atoms with Gasteiger partial charge in [-0.25, -0.2) is 9.97 Å². The number of anilines is 1. The van der Waals surface area contributed by atoms with E-state index in [0.717, 1.165) is 27.7 Å². The first-order valence-corrected chi connectivity index (χ1v) is 10.5. The summed E-state index contributed by atoms with van der Waals surface area (Å²) in [6.45, 7) is 6.82. The lowest BCUT2D eigenvalue weighted by Gasteiger charge is -2.23. The van der Waals surface area contributed by atoms with E-state index in [1.165, 1.54) is 0 Å². The van der Waals surface area contributed by atoms with Crippen molar-refractivity contribution in [2.45, 2.75) is 33.7 Å². The SMILES string of the molecule is Cc1nc(CC(C)C)sc1N(Cc1cccc(C#N)c1)C(=S)Oc1ccccn1. The van der Waals surface area contributed by atoms with Gasteiger partial charge in [0.15, 0.2) is 0 Å². The largest absolute Gasteiger partial charge is 0.412 e. The lowest BCUT2D eigenvalue weighted by molar-refractivity contribution is 0.524. The zero-order chi connectivity index (χ0) is 20.8. The first kappa shape index (κ1) is 20.9. The third-order valence-electron chi connectivity index (χ3n) is 4.09. The number of nitrogens with zero attached hydrogens (tertiary/aromatic N) is 4. The Morgan fingerprint density at radius 1 is 1.28 bits per heavy atom. The molecule has 0 N–H and O–H groups in total. The Bertz CT molecular complexity index is 1020. The molecule has 0 aliphatic rings. The minimum absolute atomic E-state index is 0.300. The molecule has 0 spiro atoms. The average Bonchev–Trinajstić information content (AvgIpc) is 3.06. The van der Waals surface area contributed by atoms with Crippen LogP contribution in [0.2, 0.25) is 0 Å². The summed E-state index contributed by atoms with van der Waals surface area (Å²) in [6, 6.07) is 15.1. The van der Waals surface area contributed by atoms with Crippen LogP contribution >= 0.6 is 23.6 Å². The van der Waals surface area contributed by atoms with Crippen LogP contribution in [0.25, 0.3) is 0 Å². The molecule has 0 fully saturated rings. The van der Waals surface area contributed by atoms with Gasteiger partial charge in [-0.05, 0) is 48.8 Å². The van der Waals surface area contributed by atoms with Gasteiger partial charge in [-0.3, -0.25) is 4.90 Å². The summed E-state index contributed by atoms with van der Waals surface area (Å²) in [5, 5.41) is 11.5. The molecular weight excluding hydrogens is 400 g/mol. The highest BCUT2D eigenvalue weighted by molar-refractivity contribution is 7.80. The highest BCUT2D eigenvalue weighted by Crippen LogP contribution is 2.32. The lowest BCUT2D eigenvalue weighted by atomic mass is 10.1. The van der Waals surface area contributed by atoms with Crippen LogP contribution in [0.4, 0.5) is 5.00 Å². The number of ether oxygens (including phenoxy) is 1. The van der Waals surface area contributed by atoms with E-state index in [4.69, 9.17) is 21.9 Å². The first-order valence-electron chi connectivity index (χ1n) is 9.32. The van der Waals surface area contributed by atoms with E-state index in [-0.39, 0.29) is 0 Å². The van der Waals surface area contributed by atoms with Crippen molar-refractivity contribution in [3.05, 3.63) is 70.5 Å². The first-order chi connectivity index (χ1) is 14.0. The van der Waals surface area contributed by atoms with Crippen molar-refractivity contribution in [3.63, 3.8) is 0 Å². The number of pyridine rings is 1. The van der Waals surface area contributed by atoms with Crippen LogP contribution in [-0.4, -0.2) is 15.1 Å². The lowest BCUT2D eigenvalue weighted by Crippen LogP contribution is -2.33. The van der Waals surface area contributed by atoms with E-state index >= 15 is 0 Å². The summed E-state index contributed by atoms with van der Waals surface area (Å²) in [4.78, 5) is 10.9. The molecule has 0 saturated carbocycles. The van der Waals surface area contributed by atoms with Crippen molar-refractivity contribution in [3.8, 4) is 11.9 Å². The molecular formula is C22H22N4OS2. The fraction of sp³-hybridized carbons (Fsp3) is 0.273. The number of thiocarbonyl (C=S) groups is 1. The monoisotopic (exact) mass is 422 g/mol. The summed E-state index contributed by atoms with van der Waals surface area (Å²) >= 11 is 7.26. The molecule has 1 aromatic carbocycles. The summed E-state index contributed by atoms with van der Waals surface area (Å²) in [5.74, 6) is 0.962. The van der Waals surface area contributed by atoms with Gasteiger partial charge in [0.1, 0.15) is 5.00 Å². The van der Waals surface area contributed by atoms with Crippen molar-refractivity contribution >= 4 is 33.7 Å². The number of aromatic nitrogens is 2. The minimum Gasteiger partial charge on any atom is -0.412 e. The van der Waals surface area contributed by atoms with Gasteiger partial charge in [0.2, 0.25) is 5.88 Å². The second-order valence-corrected chi connectivity index (χ2v) is 8.44. The highest BCUT2D eigenvalue weighted by Gasteiger charge is 2.21. The summed E-state index contributed by atoms with van der Waals surface area (Å²) < 4.78 is 5.87. The van der Waals surface area contributed by atoms with Crippen LogP contribution in [0.3, 0.4) is 0 Å². The summed E-state index contributed by atoms with van der Waals surface area (Å²) in [7, 11) is 0. The molecule has 148 valence electrons. The molecule has 7 heteroatoms. The Balaban J connectivity index is 1.93. The van der Waals surface area contributed by atoms with E-state index in [0.29, 0.717) is 29.1 Å². The Labute approximate surface area is 180 Å². The number of benzene rings is 1. The number of nitriles is 1. The molecule has 0 bridgehead atoms. The van der Waals surface area contributed by atoms with Gasteiger partial charge < -0.3 is 4.74 Å². The van der Waals surface area contributed by atoms with Crippen molar-refractivity contribution in [1.82, 2.24) is 9.97 Å². The molecule has 0 radical (unpaired) electrons. The van der Waals surface area contributed by atoms with Crippen molar-refractivity contribution < 1.29 is 4.74 Å². The number of thiazole rings is 1. The van der Waals surface area contributed by atoms with Gasteiger partial charge in [-0.1, -0.05) is 32.0 Å². The predicted molar refractivity (Wildman–Crippen MR) is 120 cm³/mol. The van der Waals surface area contributed by atoms with E-state index < -0.39 is 0 Å². The molecule has 0 unspecified atom stereocenters. The summed E-state index contributed by atoms with van der Waals surface area (Å²) in [6.07, 6.45) is 2.58. The predicted octanol–water partition coefficient (Wildman–Crippen LogP) is 5.29. The van der Waals surface area contributed by atoms with Crippen molar-refractivity contribution in [1.29, 1.82) is 5.26 Å². The molecule has 5 nitrogen and oxygen atoms in total. The zero-order valence-corrected chi connectivity index (χ0v) is 18.3. The van der Waals surface area contributed by atoms with E-state index in [2.05, 4.69) is 24.9 Å². The fourth-order valence-electron chi connectivity index (χ4n) is 2.82. The van der Waals surface area contributed by atoms with Crippen molar-refractivity contribution in [2.75, 3.05) is 4.90 Å². The zero-order valence-electron chi connectivity index (χ0n) is 16.6. The molecule has 29 heavy (non-hydrogen) atoms. The van der Waals surface area contributed by atoms with Crippen LogP contribution in [0, 0.1) is 24.2 Å². The van der Waals surface area contributed by atoms with Gasteiger partial charge >= 0.3 is 0 Å². The van der Waals surface area contributed by atoms with E-state index in [1.54, 1.807) is 29.7 Å². The maximum atomic E-state index is 9.22. The topological polar surface area (TPSA) is 62.0 Å². The van der Waals surface area contributed by atoms with E-state index in [9.17, 15) is 5.26 Å². The quantitative estimate of drug-likeness (QED) is 0.503. The number of hydrogen-bond donors (Lipinski definition) is 0. The van der Waals surface area contributed by atoms with Gasteiger partial charge in [0.25, 0.3) is 5.17 Å². The van der Waals surface area contributed by atoms with Crippen LogP contribution in [-0.2, 0) is 13.0 Å². The number of hydrogen-bond acceptors (Lipinski definition) is 6. The average molecular weight is 423 g/mol. The third kappa shape index (κ3) is 5.59. The molecule has 0 aliphatic heterocycles. The number of rotatable bonds is 6. The smallest absolute Gasteiger partial charge is 0.271 e. The molecule has 0 atom stereocenters. The molecule has 0 saturated heterocycles. The van der Waals surface area contributed by atoms with Crippen LogP contribution in [0.1, 0.15) is 35.7 Å². The van der Waals surface area contributed by atoms with Crippen LogP contribution in [0.5, 0.6) is 5.88 Å². The van der Waals surface area contributed by atoms with E-state index in [1.807, 2.05) is 42.2 Å².